The highest BCUT2D eigenvalue weighted by Gasteiger charge is 2.29. The largest absolute Gasteiger partial charge is 0.330 e. The van der Waals surface area contributed by atoms with Gasteiger partial charge >= 0.3 is 0 Å². The van der Waals surface area contributed by atoms with E-state index in [0.717, 1.165) is 41.9 Å². The van der Waals surface area contributed by atoms with Gasteiger partial charge in [-0.2, -0.15) is 0 Å². The van der Waals surface area contributed by atoms with Gasteiger partial charge in [0.15, 0.2) is 0 Å². The minimum absolute atomic E-state index is 0.00145. The Labute approximate surface area is 184 Å². The maximum atomic E-state index is 13.0. The topological polar surface area (TPSA) is 63.9 Å². The zero-order valence-corrected chi connectivity index (χ0v) is 17.9. The summed E-state index contributed by atoms with van der Waals surface area (Å²) in [5.41, 5.74) is 2.84. The third-order valence-corrected chi connectivity index (χ3v) is 6.66. The lowest BCUT2D eigenvalue weighted by atomic mass is 10.0. The number of carbonyl (C=O) groups excluding carboxylic acids is 1. The van der Waals surface area contributed by atoms with Crippen molar-refractivity contribution in [1.29, 1.82) is 0 Å². The summed E-state index contributed by atoms with van der Waals surface area (Å²) in [5, 5.41) is 9.38. The average Bonchev–Trinajstić information content (AvgIpc) is 3.45. The molecule has 0 radical (unpaired) electrons. The summed E-state index contributed by atoms with van der Waals surface area (Å²) in [6.07, 6.45) is 8.31. The summed E-state index contributed by atoms with van der Waals surface area (Å²) in [5.74, 6) is 0.00145. The second-order valence-corrected chi connectivity index (χ2v) is 8.79. The van der Waals surface area contributed by atoms with Gasteiger partial charge in [-0.1, -0.05) is 47.7 Å². The number of benzene rings is 2. The average molecular weight is 430 g/mol. The van der Waals surface area contributed by atoms with Gasteiger partial charge in [0, 0.05) is 12.6 Å². The molecule has 2 aromatic carbocycles. The van der Waals surface area contributed by atoms with E-state index in [1.54, 1.807) is 28.2 Å². The van der Waals surface area contributed by atoms with Crippen LogP contribution in [0.4, 0.5) is 0 Å². The number of aromatic nitrogens is 4. The summed E-state index contributed by atoms with van der Waals surface area (Å²) in [6.45, 7) is 1.41. The minimum atomic E-state index is 0.00145. The van der Waals surface area contributed by atoms with E-state index in [0.29, 0.717) is 12.2 Å². The Balaban J connectivity index is 1.30. The molecule has 3 heterocycles. The molecule has 1 saturated heterocycles. The number of likely N-dealkylation sites (tertiary alicyclic amines) is 1. The van der Waals surface area contributed by atoms with Crippen LogP contribution < -0.4 is 0 Å². The van der Waals surface area contributed by atoms with Crippen LogP contribution in [-0.4, -0.2) is 37.3 Å². The Kier molecular flexibility index (Phi) is 5.58. The molecule has 4 aromatic rings. The first kappa shape index (κ1) is 19.6. The maximum absolute atomic E-state index is 13.0. The van der Waals surface area contributed by atoms with Gasteiger partial charge in [0.25, 0.3) is 0 Å². The fourth-order valence-electron chi connectivity index (χ4n) is 3.97. The molecule has 1 atom stereocenters. The molecule has 5 rings (SSSR count). The molecule has 7 heteroatoms. The van der Waals surface area contributed by atoms with E-state index in [4.69, 9.17) is 4.98 Å². The van der Waals surface area contributed by atoms with Crippen LogP contribution in [0, 0.1) is 0 Å². The smallest absolute Gasteiger partial charge is 0.247 e. The van der Waals surface area contributed by atoms with Gasteiger partial charge < -0.3 is 4.90 Å². The molecule has 156 valence electrons. The van der Waals surface area contributed by atoms with Crippen molar-refractivity contribution in [1.82, 2.24) is 24.9 Å². The van der Waals surface area contributed by atoms with Crippen LogP contribution in [0.3, 0.4) is 0 Å². The number of hydrogen-bond acceptors (Lipinski definition) is 5. The molecule has 1 aliphatic rings. The number of fused-ring (bicyclic) bond motifs is 1. The van der Waals surface area contributed by atoms with Crippen LogP contribution in [0.15, 0.2) is 66.9 Å². The summed E-state index contributed by atoms with van der Waals surface area (Å²) in [6, 6.07) is 18.3. The van der Waals surface area contributed by atoms with Gasteiger partial charge in [0.2, 0.25) is 5.91 Å². The molecule has 0 spiro atoms. The van der Waals surface area contributed by atoms with E-state index < -0.39 is 0 Å². The number of hydrogen-bond donors (Lipinski definition) is 0. The Morgan fingerprint density at radius 2 is 1.94 bits per heavy atom. The van der Waals surface area contributed by atoms with Crippen molar-refractivity contribution in [2.45, 2.75) is 31.8 Å². The van der Waals surface area contributed by atoms with Crippen molar-refractivity contribution in [3.63, 3.8) is 0 Å². The van der Waals surface area contributed by atoms with Gasteiger partial charge in [-0.05, 0) is 43.0 Å². The molecule has 1 amide bonds. The fraction of sp³-hybridized carbons (Fsp3) is 0.250. The van der Waals surface area contributed by atoms with Crippen LogP contribution >= 0.6 is 11.3 Å². The zero-order valence-electron chi connectivity index (χ0n) is 17.1. The van der Waals surface area contributed by atoms with E-state index in [1.165, 1.54) is 4.70 Å². The van der Waals surface area contributed by atoms with Crippen molar-refractivity contribution in [3.8, 4) is 0 Å². The monoisotopic (exact) mass is 429 g/mol. The Hall–Kier alpha value is -3.32. The first-order valence-corrected chi connectivity index (χ1v) is 11.4. The van der Waals surface area contributed by atoms with Crippen LogP contribution in [0.1, 0.15) is 41.6 Å². The van der Waals surface area contributed by atoms with E-state index in [-0.39, 0.29) is 11.9 Å². The van der Waals surface area contributed by atoms with E-state index >= 15 is 0 Å². The SMILES string of the molecule is O=C(C=Cc1cn(Cc2ccccc2)nn1)N1CCCCC1c1nc2ccccc2s1. The molecule has 1 aliphatic heterocycles. The summed E-state index contributed by atoms with van der Waals surface area (Å²) in [7, 11) is 0. The lowest BCUT2D eigenvalue weighted by Crippen LogP contribution is -2.37. The van der Waals surface area contributed by atoms with Crippen molar-refractivity contribution < 1.29 is 4.79 Å². The molecular formula is C24H23N5OS. The maximum Gasteiger partial charge on any atom is 0.247 e. The number of amides is 1. The van der Waals surface area contributed by atoms with Crippen LogP contribution in [0.2, 0.25) is 0 Å². The summed E-state index contributed by atoms with van der Waals surface area (Å²) in [4.78, 5) is 19.8. The number of nitrogens with zero attached hydrogens (tertiary/aromatic N) is 5. The van der Waals surface area contributed by atoms with Crippen molar-refractivity contribution in [3.05, 3.63) is 83.1 Å². The molecule has 31 heavy (non-hydrogen) atoms. The molecule has 0 saturated carbocycles. The summed E-state index contributed by atoms with van der Waals surface area (Å²) >= 11 is 1.69. The number of para-hydroxylation sites is 1. The minimum Gasteiger partial charge on any atom is -0.330 e. The third-order valence-electron chi connectivity index (χ3n) is 5.52. The van der Waals surface area contributed by atoms with E-state index in [9.17, 15) is 4.79 Å². The number of thiazole rings is 1. The number of piperidine rings is 1. The molecular weight excluding hydrogens is 406 g/mol. The van der Waals surface area contributed by atoms with Crippen LogP contribution in [0.25, 0.3) is 16.3 Å². The van der Waals surface area contributed by atoms with Crippen LogP contribution in [0.5, 0.6) is 0 Å². The second kappa shape index (κ2) is 8.81. The van der Waals surface area contributed by atoms with Gasteiger partial charge in [0.1, 0.15) is 10.7 Å². The second-order valence-electron chi connectivity index (χ2n) is 7.72. The number of rotatable bonds is 5. The van der Waals surface area contributed by atoms with Crippen molar-refractivity contribution in [2.24, 2.45) is 0 Å². The Morgan fingerprint density at radius 1 is 1.10 bits per heavy atom. The fourth-order valence-corrected chi connectivity index (χ4v) is 5.09. The quantitative estimate of drug-likeness (QED) is 0.431. The molecule has 0 bridgehead atoms. The van der Waals surface area contributed by atoms with Crippen molar-refractivity contribution in [2.75, 3.05) is 6.54 Å². The van der Waals surface area contributed by atoms with Crippen molar-refractivity contribution >= 4 is 33.5 Å². The predicted octanol–water partition coefficient (Wildman–Crippen LogP) is 4.70. The highest BCUT2D eigenvalue weighted by molar-refractivity contribution is 7.18. The first-order chi connectivity index (χ1) is 15.3. The molecule has 1 unspecified atom stereocenters. The van der Waals surface area contributed by atoms with E-state index in [2.05, 4.69) is 28.5 Å². The van der Waals surface area contributed by atoms with E-state index in [1.807, 2.05) is 47.5 Å². The normalized spacial score (nSPS) is 16.9. The standard InChI is InChI=1S/C24H23N5OS/c30-23(14-13-19-17-28(27-26-19)16-18-8-2-1-3-9-18)29-15-7-6-11-21(29)24-25-20-10-4-5-12-22(20)31-24/h1-5,8-10,12-14,17,21H,6-7,11,15-16H2. The predicted molar refractivity (Wildman–Crippen MR) is 123 cm³/mol. The molecule has 6 nitrogen and oxygen atoms in total. The molecule has 2 aromatic heterocycles. The lowest BCUT2D eigenvalue weighted by Gasteiger charge is -2.33. The zero-order chi connectivity index (χ0) is 21.0. The molecule has 0 aliphatic carbocycles. The van der Waals surface area contributed by atoms with Gasteiger partial charge in [-0.3, -0.25) is 4.79 Å². The highest BCUT2D eigenvalue weighted by Crippen LogP contribution is 2.35. The van der Waals surface area contributed by atoms with Gasteiger partial charge in [-0.15, -0.1) is 16.4 Å². The Morgan fingerprint density at radius 3 is 2.81 bits per heavy atom. The first-order valence-electron chi connectivity index (χ1n) is 10.5. The Bertz CT molecular complexity index is 1180. The van der Waals surface area contributed by atoms with Crippen LogP contribution in [-0.2, 0) is 11.3 Å². The highest BCUT2D eigenvalue weighted by atomic mass is 32.1. The summed E-state index contributed by atoms with van der Waals surface area (Å²) < 4.78 is 2.95. The van der Waals surface area contributed by atoms with Gasteiger partial charge in [0.05, 0.1) is 29.0 Å². The van der Waals surface area contributed by atoms with Gasteiger partial charge in [-0.25, -0.2) is 9.67 Å². The molecule has 0 N–H and O–H groups in total. The third kappa shape index (κ3) is 4.41. The lowest BCUT2D eigenvalue weighted by molar-refractivity contribution is -0.129. The molecule has 1 fully saturated rings. The number of carbonyl (C=O) groups is 1.